The molecule has 2 rings (SSSR count). The van der Waals surface area contributed by atoms with E-state index in [2.05, 4.69) is 26.1 Å². The summed E-state index contributed by atoms with van der Waals surface area (Å²) in [5.41, 5.74) is 1.65. The van der Waals surface area contributed by atoms with E-state index in [-0.39, 0.29) is 10.3 Å². The molecular weight excluding hydrogens is 411 g/mol. The van der Waals surface area contributed by atoms with E-state index < -0.39 is 40.9 Å². The van der Waals surface area contributed by atoms with Gasteiger partial charge in [-0.05, 0) is 47.4 Å². The van der Waals surface area contributed by atoms with Crippen molar-refractivity contribution >= 4 is 27.6 Å². The Kier molecular flexibility index (Phi) is 7.33. The second-order valence-electron chi connectivity index (χ2n) is 7.75. The van der Waals surface area contributed by atoms with Crippen LogP contribution >= 0.6 is 0 Å². The van der Waals surface area contributed by atoms with Crippen molar-refractivity contribution in [2.45, 2.75) is 31.1 Å². The lowest BCUT2D eigenvalue weighted by atomic mass is 9.87. The third-order valence-electron chi connectivity index (χ3n) is 4.27. The number of likely N-dealkylation sites (N-methyl/N-ethyl adjacent to an activating group) is 1. The number of hydrogen-bond acceptors (Lipinski definition) is 5. The largest absolute Gasteiger partial charge is 0.455 e. The van der Waals surface area contributed by atoms with Gasteiger partial charge in [0.1, 0.15) is 12.4 Å². The number of amides is 1. The van der Waals surface area contributed by atoms with Gasteiger partial charge in [-0.25, -0.2) is 12.8 Å². The van der Waals surface area contributed by atoms with E-state index in [1.54, 1.807) is 12.1 Å². The zero-order valence-electron chi connectivity index (χ0n) is 17.3. The van der Waals surface area contributed by atoms with Crippen LogP contribution in [0.5, 0.6) is 0 Å². The van der Waals surface area contributed by atoms with Gasteiger partial charge in [0.2, 0.25) is 10.0 Å². The number of esters is 1. The summed E-state index contributed by atoms with van der Waals surface area (Å²) < 4.78 is 43.3. The fraction of sp³-hybridized carbons (Fsp3) is 0.333. The minimum Gasteiger partial charge on any atom is -0.455 e. The van der Waals surface area contributed by atoms with Crippen LogP contribution in [-0.2, 0) is 29.8 Å². The van der Waals surface area contributed by atoms with E-state index in [1.165, 1.54) is 7.05 Å². The third-order valence-corrected chi connectivity index (χ3v) is 6.09. The molecule has 0 aliphatic rings. The number of nitrogens with zero attached hydrogens (tertiary/aromatic N) is 1. The van der Waals surface area contributed by atoms with Crippen molar-refractivity contribution in [2.24, 2.45) is 0 Å². The number of carbonyl (C=O) groups is 2. The van der Waals surface area contributed by atoms with Crippen molar-refractivity contribution in [3.63, 3.8) is 0 Å². The molecule has 0 heterocycles. The van der Waals surface area contributed by atoms with Gasteiger partial charge in [-0.2, -0.15) is 4.31 Å². The van der Waals surface area contributed by atoms with Crippen molar-refractivity contribution in [1.82, 2.24) is 4.31 Å². The van der Waals surface area contributed by atoms with E-state index in [0.717, 1.165) is 34.1 Å². The molecule has 0 saturated heterocycles. The summed E-state index contributed by atoms with van der Waals surface area (Å²) in [6, 6.07) is 11.5. The fourth-order valence-corrected chi connectivity index (χ4v) is 3.61. The van der Waals surface area contributed by atoms with Crippen LogP contribution in [-0.4, -0.2) is 44.8 Å². The highest BCUT2D eigenvalue weighted by molar-refractivity contribution is 7.89. The number of benzene rings is 2. The molecule has 0 aliphatic carbocycles. The van der Waals surface area contributed by atoms with Crippen LogP contribution in [0.1, 0.15) is 26.3 Å². The highest BCUT2D eigenvalue weighted by Gasteiger charge is 2.24. The maximum atomic E-state index is 13.0. The monoisotopic (exact) mass is 436 g/mol. The number of ether oxygens (including phenoxy) is 1. The number of sulfonamides is 1. The second-order valence-corrected chi connectivity index (χ2v) is 9.80. The summed E-state index contributed by atoms with van der Waals surface area (Å²) in [5, 5.41) is 2.61. The van der Waals surface area contributed by atoms with Crippen LogP contribution in [0, 0.1) is 5.82 Å². The van der Waals surface area contributed by atoms with Gasteiger partial charge in [0.15, 0.2) is 6.61 Å². The molecule has 0 saturated carbocycles. The predicted octanol–water partition coefficient (Wildman–Crippen LogP) is 2.93. The van der Waals surface area contributed by atoms with Crippen molar-refractivity contribution in [2.75, 3.05) is 25.5 Å². The minimum atomic E-state index is -3.99. The molecule has 0 aliphatic heterocycles. The van der Waals surface area contributed by atoms with Gasteiger partial charge in [0.05, 0.1) is 4.90 Å². The van der Waals surface area contributed by atoms with Crippen LogP contribution in [0.25, 0.3) is 0 Å². The summed E-state index contributed by atoms with van der Waals surface area (Å²) in [6.07, 6.45) is 0. The topological polar surface area (TPSA) is 92.8 Å². The Morgan fingerprint density at radius 1 is 1.03 bits per heavy atom. The summed E-state index contributed by atoms with van der Waals surface area (Å²) in [6.45, 7) is 5.09. The average Bonchev–Trinajstić information content (AvgIpc) is 2.66. The van der Waals surface area contributed by atoms with Gasteiger partial charge >= 0.3 is 5.97 Å². The van der Waals surface area contributed by atoms with Gasteiger partial charge in [-0.1, -0.05) is 32.9 Å². The number of hydrogen-bond donors (Lipinski definition) is 1. The van der Waals surface area contributed by atoms with Gasteiger partial charge in [0.25, 0.3) is 5.91 Å². The van der Waals surface area contributed by atoms with E-state index in [1.807, 2.05) is 12.1 Å². The molecule has 7 nitrogen and oxygen atoms in total. The molecule has 1 N–H and O–H groups in total. The SMILES string of the molecule is CN(CC(=O)OCC(=O)Nc1ccc(C(C)(C)C)cc1)S(=O)(=O)c1ccc(F)cc1. The molecule has 1 amide bonds. The Balaban J connectivity index is 1.86. The van der Waals surface area contributed by atoms with Gasteiger partial charge in [-0.3, -0.25) is 9.59 Å². The molecule has 0 radical (unpaired) electrons. The Morgan fingerprint density at radius 3 is 2.13 bits per heavy atom. The molecule has 0 aromatic heterocycles. The van der Waals surface area contributed by atoms with Crippen LogP contribution in [0.15, 0.2) is 53.4 Å². The molecule has 0 spiro atoms. The first kappa shape index (κ1) is 23.5. The summed E-state index contributed by atoms with van der Waals surface area (Å²) in [4.78, 5) is 23.8. The Morgan fingerprint density at radius 2 is 1.60 bits per heavy atom. The van der Waals surface area contributed by atoms with Gasteiger partial charge in [0, 0.05) is 12.7 Å². The lowest BCUT2D eigenvalue weighted by Gasteiger charge is -2.19. The fourth-order valence-electron chi connectivity index (χ4n) is 2.50. The minimum absolute atomic E-state index is 0.0155. The zero-order valence-corrected chi connectivity index (χ0v) is 18.1. The summed E-state index contributed by atoms with van der Waals surface area (Å²) in [5.74, 6) is -2.01. The van der Waals surface area contributed by atoms with Crippen LogP contribution in [0.3, 0.4) is 0 Å². The highest BCUT2D eigenvalue weighted by Crippen LogP contribution is 2.23. The lowest BCUT2D eigenvalue weighted by molar-refractivity contribution is -0.147. The third kappa shape index (κ3) is 6.36. The summed E-state index contributed by atoms with van der Waals surface area (Å²) in [7, 11) is -2.80. The number of carbonyl (C=O) groups excluding carboxylic acids is 2. The van der Waals surface area contributed by atoms with E-state index >= 15 is 0 Å². The van der Waals surface area contributed by atoms with Crippen LogP contribution < -0.4 is 5.32 Å². The molecule has 9 heteroatoms. The Labute approximate surface area is 175 Å². The van der Waals surface area contributed by atoms with Gasteiger partial charge < -0.3 is 10.1 Å². The predicted molar refractivity (Wildman–Crippen MR) is 111 cm³/mol. The molecule has 0 unspecified atom stereocenters. The highest BCUT2D eigenvalue weighted by atomic mass is 32.2. The van der Waals surface area contributed by atoms with Crippen molar-refractivity contribution in [1.29, 1.82) is 0 Å². The Bertz CT molecular complexity index is 997. The quantitative estimate of drug-likeness (QED) is 0.674. The zero-order chi connectivity index (χ0) is 22.5. The molecule has 2 aromatic carbocycles. The molecule has 162 valence electrons. The van der Waals surface area contributed by atoms with Gasteiger partial charge in [-0.15, -0.1) is 0 Å². The first-order valence-electron chi connectivity index (χ1n) is 9.17. The van der Waals surface area contributed by atoms with Crippen molar-refractivity contribution in [3.8, 4) is 0 Å². The Hall–Kier alpha value is -2.78. The number of nitrogens with one attached hydrogen (secondary N) is 1. The van der Waals surface area contributed by atoms with E-state index in [9.17, 15) is 22.4 Å². The maximum absolute atomic E-state index is 13.0. The smallest absolute Gasteiger partial charge is 0.321 e. The number of halogens is 1. The van der Waals surface area contributed by atoms with Crippen molar-refractivity contribution in [3.05, 3.63) is 59.9 Å². The molecule has 0 atom stereocenters. The maximum Gasteiger partial charge on any atom is 0.321 e. The van der Waals surface area contributed by atoms with Crippen LogP contribution in [0.2, 0.25) is 0 Å². The lowest BCUT2D eigenvalue weighted by Crippen LogP contribution is -2.34. The molecule has 2 aromatic rings. The first-order chi connectivity index (χ1) is 13.9. The van der Waals surface area contributed by atoms with Crippen LogP contribution in [0.4, 0.5) is 10.1 Å². The number of anilines is 1. The van der Waals surface area contributed by atoms with Crippen molar-refractivity contribution < 1.29 is 27.1 Å². The molecule has 0 bridgehead atoms. The second kappa shape index (κ2) is 9.36. The first-order valence-corrected chi connectivity index (χ1v) is 10.6. The molecule has 0 fully saturated rings. The van der Waals surface area contributed by atoms with E-state index in [4.69, 9.17) is 4.74 Å². The molecule has 30 heavy (non-hydrogen) atoms. The number of rotatable bonds is 7. The average molecular weight is 437 g/mol. The van der Waals surface area contributed by atoms with E-state index in [0.29, 0.717) is 5.69 Å². The standard InChI is InChI=1S/C21H25FN2O5S/c1-21(2,3)15-5-9-17(10-6-15)23-19(25)14-29-20(26)13-24(4)30(27,28)18-11-7-16(22)8-12-18/h5-12H,13-14H2,1-4H3,(H,23,25). The summed E-state index contributed by atoms with van der Waals surface area (Å²) >= 11 is 0. The normalized spacial score (nSPS) is 11.9. The molecular formula is C21H25FN2O5S.